The molecule has 5 aromatic rings. The molecule has 1 aromatic heterocycles. The molecule has 0 radical (unpaired) electrons. The Kier molecular flexibility index (Phi) is 6.05. The summed E-state index contributed by atoms with van der Waals surface area (Å²) in [5.41, 5.74) is 2.86. The topological polar surface area (TPSA) is 119 Å². The van der Waals surface area contributed by atoms with Crippen molar-refractivity contribution in [3.05, 3.63) is 113 Å². The number of hydrogen-bond donors (Lipinski definition) is 1. The monoisotopic (exact) mass is 515 g/mol. The normalized spacial score (nSPS) is 11.3. The van der Waals surface area contributed by atoms with Crippen LogP contribution >= 0.6 is 11.3 Å². The molecule has 178 valence electrons. The second-order valence-electron chi connectivity index (χ2n) is 7.80. The second kappa shape index (κ2) is 9.33. The summed E-state index contributed by atoms with van der Waals surface area (Å²) >= 11 is 1.16. The Morgan fingerprint density at radius 1 is 0.833 bits per heavy atom. The minimum Gasteiger partial charge on any atom is -0.298 e. The van der Waals surface area contributed by atoms with Gasteiger partial charge in [-0.15, -0.1) is 0 Å². The summed E-state index contributed by atoms with van der Waals surface area (Å²) in [6, 6.07) is 26.2. The number of non-ortho nitro benzene ring substituents is 1. The number of aromatic nitrogens is 1. The van der Waals surface area contributed by atoms with Crippen molar-refractivity contribution in [2.75, 3.05) is 5.32 Å². The maximum Gasteiger partial charge on any atom is 0.269 e. The molecule has 0 saturated carbocycles. The molecule has 0 spiro atoms. The van der Waals surface area contributed by atoms with Gasteiger partial charge in [-0.1, -0.05) is 53.8 Å². The van der Waals surface area contributed by atoms with Crippen LogP contribution in [-0.2, 0) is 9.84 Å². The number of nitrogens with zero attached hydrogens (tertiary/aromatic N) is 2. The van der Waals surface area contributed by atoms with Gasteiger partial charge in [0.15, 0.2) is 5.13 Å². The predicted molar refractivity (Wildman–Crippen MR) is 138 cm³/mol. The van der Waals surface area contributed by atoms with Crippen molar-refractivity contribution >= 4 is 48.1 Å². The van der Waals surface area contributed by atoms with E-state index in [1.165, 1.54) is 24.3 Å². The zero-order valence-corrected chi connectivity index (χ0v) is 20.1. The maximum atomic E-state index is 13.0. The molecule has 0 bridgehead atoms. The first kappa shape index (κ1) is 23.3. The van der Waals surface area contributed by atoms with Crippen molar-refractivity contribution in [2.45, 2.75) is 9.79 Å². The van der Waals surface area contributed by atoms with E-state index in [1.807, 2.05) is 42.5 Å². The van der Waals surface area contributed by atoms with Crippen LogP contribution in [0.2, 0.25) is 0 Å². The van der Waals surface area contributed by atoms with E-state index in [4.69, 9.17) is 0 Å². The van der Waals surface area contributed by atoms with Gasteiger partial charge in [-0.3, -0.25) is 20.2 Å². The van der Waals surface area contributed by atoms with E-state index in [-0.39, 0.29) is 21.4 Å². The van der Waals surface area contributed by atoms with E-state index in [0.717, 1.165) is 34.6 Å². The van der Waals surface area contributed by atoms with Gasteiger partial charge in [0.25, 0.3) is 11.6 Å². The van der Waals surface area contributed by atoms with Gasteiger partial charge >= 0.3 is 0 Å². The number of hydrogen-bond acceptors (Lipinski definition) is 7. The van der Waals surface area contributed by atoms with Gasteiger partial charge in [-0.05, 0) is 53.6 Å². The third kappa shape index (κ3) is 4.59. The molecule has 0 fully saturated rings. The average molecular weight is 516 g/mol. The highest BCUT2D eigenvalue weighted by Crippen LogP contribution is 2.31. The quantitative estimate of drug-likeness (QED) is 0.220. The van der Waals surface area contributed by atoms with Crippen LogP contribution in [-0.4, -0.2) is 24.2 Å². The SMILES string of the molecule is O=C(Nc1nc2ccc(S(=O)(=O)c3ccc([N+](=O)[O-])cc3)cc2s1)c1ccc(-c2ccccc2)cc1. The Morgan fingerprint density at radius 3 is 2.14 bits per heavy atom. The number of nitro groups is 1. The zero-order chi connectivity index (χ0) is 25.3. The summed E-state index contributed by atoms with van der Waals surface area (Å²) in [4.78, 5) is 27.4. The number of nitro benzene ring substituents is 1. The molecule has 5 rings (SSSR count). The molecule has 0 unspecified atom stereocenters. The summed E-state index contributed by atoms with van der Waals surface area (Å²) < 4.78 is 26.6. The first-order valence-electron chi connectivity index (χ1n) is 10.7. The number of carbonyl (C=O) groups excluding carboxylic acids is 1. The van der Waals surface area contributed by atoms with Gasteiger partial charge in [-0.2, -0.15) is 0 Å². The molecule has 1 amide bonds. The maximum absolute atomic E-state index is 13.0. The number of carbonyl (C=O) groups is 1. The first-order chi connectivity index (χ1) is 17.3. The molecule has 36 heavy (non-hydrogen) atoms. The van der Waals surface area contributed by atoms with Gasteiger partial charge in [0, 0.05) is 17.7 Å². The first-order valence-corrected chi connectivity index (χ1v) is 13.0. The Labute approximate surface area is 209 Å². The number of anilines is 1. The molecule has 1 N–H and O–H groups in total. The molecule has 0 saturated heterocycles. The van der Waals surface area contributed by atoms with E-state index in [2.05, 4.69) is 10.3 Å². The van der Waals surface area contributed by atoms with Gasteiger partial charge in [0.1, 0.15) is 0 Å². The summed E-state index contributed by atoms with van der Waals surface area (Å²) in [5, 5.41) is 14.0. The Hall–Kier alpha value is -4.41. The van der Waals surface area contributed by atoms with E-state index < -0.39 is 14.8 Å². The summed E-state index contributed by atoms with van der Waals surface area (Å²) in [6.45, 7) is 0. The molecule has 8 nitrogen and oxygen atoms in total. The standard InChI is InChI=1S/C26H17N3O5S2/c30-25(19-8-6-18(7-9-19)17-4-2-1-3-5-17)28-26-27-23-15-14-22(16-24(23)35-26)36(33,34)21-12-10-20(11-13-21)29(31)32/h1-16H,(H,27,28,30). The number of sulfone groups is 1. The fraction of sp³-hybridized carbons (Fsp3) is 0. The number of amides is 1. The molecule has 0 aliphatic heterocycles. The fourth-order valence-electron chi connectivity index (χ4n) is 3.62. The predicted octanol–water partition coefficient (Wildman–Crippen LogP) is 5.96. The van der Waals surface area contributed by atoms with Crippen molar-refractivity contribution in [3.8, 4) is 11.1 Å². The van der Waals surface area contributed by atoms with E-state index in [9.17, 15) is 23.3 Å². The van der Waals surface area contributed by atoms with E-state index in [0.29, 0.717) is 20.9 Å². The fourth-order valence-corrected chi connectivity index (χ4v) is 5.88. The van der Waals surface area contributed by atoms with Gasteiger partial charge < -0.3 is 0 Å². The van der Waals surface area contributed by atoms with Crippen molar-refractivity contribution in [1.29, 1.82) is 0 Å². The van der Waals surface area contributed by atoms with Crippen LogP contribution in [0.5, 0.6) is 0 Å². The van der Waals surface area contributed by atoms with E-state index in [1.54, 1.807) is 18.2 Å². The molecular formula is C26H17N3O5S2. The highest BCUT2D eigenvalue weighted by molar-refractivity contribution is 7.91. The molecule has 1 heterocycles. The Bertz CT molecular complexity index is 1700. The van der Waals surface area contributed by atoms with Crippen LogP contribution in [0, 0.1) is 10.1 Å². The third-order valence-electron chi connectivity index (χ3n) is 5.50. The number of nitrogens with one attached hydrogen (secondary N) is 1. The summed E-state index contributed by atoms with van der Waals surface area (Å²) in [7, 11) is -3.89. The lowest BCUT2D eigenvalue weighted by Gasteiger charge is -2.04. The lowest BCUT2D eigenvalue weighted by atomic mass is 10.0. The highest BCUT2D eigenvalue weighted by atomic mass is 32.2. The lowest BCUT2D eigenvalue weighted by Crippen LogP contribution is -2.11. The van der Waals surface area contributed by atoms with Crippen LogP contribution in [0.3, 0.4) is 0 Å². The van der Waals surface area contributed by atoms with Gasteiger partial charge in [-0.25, -0.2) is 13.4 Å². The van der Waals surface area contributed by atoms with Gasteiger partial charge in [0.2, 0.25) is 9.84 Å². The lowest BCUT2D eigenvalue weighted by molar-refractivity contribution is -0.384. The average Bonchev–Trinajstić information content (AvgIpc) is 3.31. The number of benzene rings is 4. The van der Waals surface area contributed by atoms with Crippen LogP contribution in [0.15, 0.2) is 107 Å². The van der Waals surface area contributed by atoms with Crippen molar-refractivity contribution in [2.24, 2.45) is 0 Å². The van der Waals surface area contributed by atoms with Crippen LogP contribution in [0.25, 0.3) is 21.3 Å². The van der Waals surface area contributed by atoms with Gasteiger partial charge in [0.05, 0.1) is 24.9 Å². The van der Waals surface area contributed by atoms with Crippen molar-refractivity contribution < 1.29 is 18.1 Å². The molecule has 0 aliphatic carbocycles. The zero-order valence-electron chi connectivity index (χ0n) is 18.5. The number of thiazole rings is 1. The minimum absolute atomic E-state index is 0.0295. The number of fused-ring (bicyclic) bond motifs is 1. The number of rotatable bonds is 6. The third-order valence-corrected chi connectivity index (χ3v) is 8.20. The molecular weight excluding hydrogens is 498 g/mol. The van der Waals surface area contributed by atoms with E-state index >= 15 is 0 Å². The summed E-state index contributed by atoms with van der Waals surface area (Å²) in [6.07, 6.45) is 0. The summed E-state index contributed by atoms with van der Waals surface area (Å²) in [5.74, 6) is -0.326. The smallest absolute Gasteiger partial charge is 0.269 e. The Morgan fingerprint density at radius 2 is 1.47 bits per heavy atom. The molecule has 0 aliphatic rings. The second-order valence-corrected chi connectivity index (χ2v) is 10.8. The molecule has 4 aromatic carbocycles. The van der Waals surface area contributed by atoms with Crippen LogP contribution in [0.1, 0.15) is 10.4 Å². The van der Waals surface area contributed by atoms with Crippen LogP contribution < -0.4 is 5.32 Å². The highest BCUT2D eigenvalue weighted by Gasteiger charge is 2.20. The van der Waals surface area contributed by atoms with Crippen molar-refractivity contribution in [3.63, 3.8) is 0 Å². The minimum atomic E-state index is -3.89. The molecule has 10 heteroatoms. The molecule has 0 atom stereocenters. The Balaban J connectivity index is 1.36. The van der Waals surface area contributed by atoms with Crippen LogP contribution in [0.4, 0.5) is 10.8 Å². The van der Waals surface area contributed by atoms with Crippen molar-refractivity contribution in [1.82, 2.24) is 4.98 Å². The largest absolute Gasteiger partial charge is 0.298 e.